The van der Waals surface area contributed by atoms with Crippen molar-refractivity contribution in [1.82, 2.24) is 5.32 Å². The zero-order chi connectivity index (χ0) is 11.1. The molecule has 1 aromatic rings. The monoisotopic (exact) mass is 213 g/mol. The predicted molar refractivity (Wildman–Crippen MR) is 57.4 cm³/mol. The molecule has 2 N–H and O–H groups in total. The first-order valence-electron chi connectivity index (χ1n) is 5.23. The predicted octanol–water partition coefficient (Wildman–Crippen LogP) is 1.29. The van der Waals surface area contributed by atoms with E-state index in [-0.39, 0.29) is 12.7 Å². The summed E-state index contributed by atoms with van der Waals surface area (Å²) in [6.07, 6.45) is 0.274. The molecular weight excluding hydrogens is 194 g/mol. The molecule has 0 spiro atoms. The third-order valence-electron chi connectivity index (χ3n) is 1.90. The zero-order valence-electron chi connectivity index (χ0n) is 9.32. The molecule has 15 heavy (non-hydrogen) atoms. The fourth-order valence-electron chi connectivity index (χ4n) is 1.18. The van der Waals surface area contributed by atoms with Crippen LogP contribution in [-0.2, 0) is 17.9 Å². The summed E-state index contributed by atoms with van der Waals surface area (Å²) in [5, 5.41) is 12.0. The van der Waals surface area contributed by atoms with Crippen LogP contribution in [0.4, 0.5) is 0 Å². The molecule has 0 unspecified atom stereocenters. The van der Waals surface area contributed by atoms with Gasteiger partial charge in [-0.25, -0.2) is 0 Å². The Morgan fingerprint density at radius 3 is 2.73 bits per heavy atom. The number of furan rings is 1. The van der Waals surface area contributed by atoms with E-state index in [4.69, 9.17) is 14.3 Å². The topological polar surface area (TPSA) is 54.6 Å². The van der Waals surface area contributed by atoms with Crippen molar-refractivity contribution in [2.45, 2.75) is 33.1 Å². The van der Waals surface area contributed by atoms with Crippen LogP contribution in [0.2, 0.25) is 0 Å². The summed E-state index contributed by atoms with van der Waals surface area (Å²) in [6, 6.07) is 3.64. The van der Waals surface area contributed by atoms with Crippen molar-refractivity contribution in [3.8, 4) is 0 Å². The Hall–Kier alpha value is -0.840. The van der Waals surface area contributed by atoms with E-state index in [0.29, 0.717) is 18.9 Å². The average Bonchev–Trinajstić information content (AvgIpc) is 2.65. The van der Waals surface area contributed by atoms with Gasteiger partial charge in [0.15, 0.2) is 0 Å². The normalized spacial score (nSPS) is 11.2. The summed E-state index contributed by atoms with van der Waals surface area (Å²) in [5.74, 6) is 1.44. The van der Waals surface area contributed by atoms with Crippen LogP contribution >= 0.6 is 0 Å². The highest BCUT2D eigenvalue weighted by Gasteiger charge is 2.00. The van der Waals surface area contributed by atoms with E-state index >= 15 is 0 Å². The van der Waals surface area contributed by atoms with Crippen molar-refractivity contribution < 1.29 is 14.3 Å². The summed E-state index contributed by atoms with van der Waals surface area (Å²) in [4.78, 5) is 0. The van der Waals surface area contributed by atoms with E-state index in [1.165, 1.54) is 0 Å². The van der Waals surface area contributed by atoms with Gasteiger partial charge in [-0.1, -0.05) is 0 Å². The highest BCUT2D eigenvalue weighted by atomic mass is 16.5. The average molecular weight is 213 g/mol. The lowest BCUT2D eigenvalue weighted by Crippen LogP contribution is -2.20. The molecule has 0 aliphatic carbocycles. The van der Waals surface area contributed by atoms with Crippen LogP contribution in [-0.4, -0.2) is 24.4 Å². The van der Waals surface area contributed by atoms with Gasteiger partial charge in [-0.3, -0.25) is 0 Å². The Morgan fingerprint density at radius 1 is 1.40 bits per heavy atom. The van der Waals surface area contributed by atoms with Crippen LogP contribution in [0.1, 0.15) is 25.4 Å². The van der Waals surface area contributed by atoms with Gasteiger partial charge >= 0.3 is 0 Å². The van der Waals surface area contributed by atoms with E-state index in [0.717, 1.165) is 12.3 Å². The van der Waals surface area contributed by atoms with Crippen molar-refractivity contribution >= 4 is 0 Å². The molecule has 4 nitrogen and oxygen atoms in total. The van der Waals surface area contributed by atoms with Gasteiger partial charge in [0.05, 0.1) is 19.3 Å². The van der Waals surface area contributed by atoms with Crippen LogP contribution < -0.4 is 5.32 Å². The Kier molecular flexibility index (Phi) is 5.39. The lowest BCUT2D eigenvalue weighted by Gasteiger charge is -2.07. The maximum atomic E-state index is 8.79. The molecule has 0 saturated carbocycles. The van der Waals surface area contributed by atoms with Crippen molar-refractivity contribution in [2.75, 3.05) is 13.2 Å². The van der Waals surface area contributed by atoms with E-state index < -0.39 is 0 Å². The van der Waals surface area contributed by atoms with Crippen LogP contribution in [0.3, 0.4) is 0 Å². The number of aliphatic hydroxyl groups excluding tert-OH is 1. The van der Waals surface area contributed by atoms with Crippen LogP contribution in [0.25, 0.3) is 0 Å². The first kappa shape index (κ1) is 12.2. The maximum absolute atomic E-state index is 8.79. The maximum Gasteiger partial charge on any atom is 0.129 e. The van der Waals surface area contributed by atoms with E-state index in [2.05, 4.69) is 5.32 Å². The molecule has 86 valence electrons. The molecule has 4 heteroatoms. The highest BCUT2D eigenvalue weighted by Crippen LogP contribution is 2.06. The summed E-state index contributed by atoms with van der Waals surface area (Å²) < 4.78 is 10.7. The van der Waals surface area contributed by atoms with Gasteiger partial charge in [-0.15, -0.1) is 0 Å². The van der Waals surface area contributed by atoms with Gasteiger partial charge in [0, 0.05) is 6.54 Å². The fraction of sp³-hybridized carbons (Fsp3) is 0.636. The minimum Gasteiger partial charge on any atom is -0.462 e. The van der Waals surface area contributed by atoms with Crippen LogP contribution in [0, 0.1) is 0 Å². The fourth-order valence-corrected chi connectivity index (χ4v) is 1.18. The molecule has 1 heterocycles. The Bertz CT molecular complexity index is 271. The van der Waals surface area contributed by atoms with Crippen LogP contribution in [0.15, 0.2) is 16.5 Å². The van der Waals surface area contributed by atoms with Gasteiger partial charge in [-0.2, -0.15) is 0 Å². The number of hydrogen-bond donors (Lipinski definition) is 2. The van der Waals surface area contributed by atoms with Gasteiger partial charge in [0.1, 0.15) is 18.1 Å². The molecule has 1 aromatic heterocycles. The highest BCUT2D eigenvalue weighted by molar-refractivity contribution is 5.05. The largest absolute Gasteiger partial charge is 0.462 e. The van der Waals surface area contributed by atoms with Crippen molar-refractivity contribution in [2.24, 2.45) is 0 Å². The smallest absolute Gasteiger partial charge is 0.129 e. The molecule has 0 atom stereocenters. The molecule has 0 bridgehead atoms. The number of aliphatic hydroxyl groups is 1. The van der Waals surface area contributed by atoms with E-state index in [1.54, 1.807) is 6.07 Å². The second-order valence-electron chi connectivity index (χ2n) is 3.62. The minimum absolute atomic E-state index is 0.0452. The third-order valence-corrected chi connectivity index (χ3v) is 1.90. The number of hydrogen-bond acceptors (Lipinski definition) is 4. The second kappa shape index (κ2) is 6.61. The van der Waals surface area contributed by atoms with Crippen molar-refractivity contribution in [3.05, 3.63) is 23.7 Å². The molecule has 0 amide bonds. The molecule has 0 fully saturated rings. The van der Waals surface area contributed by atoms with Crippen molar-refractivity contribution in [1.29, 1.82) is 0 Å². The Balaban J connectivity index is 2.09. The van der Waals surface area contributed by atoms with Crippen LogP contribution in [0.5, 0.6) is 0 Å². The zero-order valence-corrected chi connectivity index (χ0v) is 9.32. The summed E-state index contributed by atoms with van der Waals surface area (Å²) in [6.45, 7) is 6.15. The second-order valence-corrected chi connectivity index (χ2v) is 3.62. The Labute approximate surface area is 90.2 Å². The molecule has 0 saturated heterocycles. The number of rotatable bonds is 7. The molecule has 0 aliphatic heterocycles. The lowest BCUT2D eigenvalue weighted by molar-refractivity contribution is 0.0804. The van der Waals surface area contributed by atoms with E-state index in [1.807, 2.05) is 19.9 Å². The third kappa shape index (κ3) is 4.97. The van der Waals surface area contributed by atoms with Gasteiger partial charge < -0.3 is 19.6 Å². The van der Waals surface area contributed by atoms with Gasteiger partial charge in [-0.05, 0) is 26.0 Å². The first-order valence-corrected chi connectivity index (χ1v) is 5.23. The molecule has 0 aliphatic rings. The molecular formula is C11H19NO3. The summed E-state index contributed by atoms with van der Waals surface area (Å²) in [7, 11) is 0. The Morgan fingerprint density at radius 2 is 2.13 bits per heavy atom. The molecule has 0 radical (unpaired) electrons. The SMILES string of the molecule is CC(C)OCCNCc1ccc(CO)o1. The number of nitrogens with one attached hydrogen (secondary N) is 1. The molecule has 1 rings (SSSR count). The van der Waals surface area contributed by atoms with Gasteiger partial charge in [0.2, 0.25) is 0 Å². The lowest BCUT2D eigenvalue weighted by atomic mass is 10.4. The standard InChI is InChI=1S/C11H19NO3/c1-9(2)14-6-5-12-7-10-3-4-11(8-13)15-10/h3-4,9,12-13H,5-8H2,1-2H3. The summed E-state index contributed by atoms with van der Waals surface area (Å²) >= 11 is 0. The quantitative estimate of drug-likeness (QED) is 0.670. The van der Waals surface area contributed by atoms with Crippen molar-refractivity contribution in [3.63, 3.8) is 0 Å². The van der Waals surface area contributed by atoms with Gasteiger partial charge in [0.25, 0.3) is 0 Å². The molecule has 0 aromatic carbocycles. The number of ether oxygens (including phenoxy) is 1. The first-order chi connectivity index (χ1) is 7.22. The summed E-state index contributed by atoms with van der Waals surface area (Å²) in [5.41, 5.74) is 0. The minimum atomic E-state index is -0.0452. The van der Waals surface area contributed by atoms with E-state index in [9.17, 15) is 0 Å².